The summed E-state index contributed by atoms with van der Waals surface area (Å²) < 4.78 is 44.3. The number of hydrogen-bond acceptors (Lipinski definition) is 5. The fraction of sp³-hybridized carbons (Fsp3) is 0.278. The summed E-state index contributed by atoms with van der Waals surface area (Å²) in [6, 6.07) is 9.42. The van der Waals surface area contributed by atoms with Crippen molar-refractivity contribution in [2.45, 2.75) is 12.0 Å². The lowest BCUT2D eigenvalue weighted by atomic mass is 9.95. The second-order valence-corrected chi connectivity index (χ2v) is 5.18. The lowest BCUT2D eigenvalue weighted by Crippen LogP contribution is -2.36. The highest BCUT2D eigenvalue weighted by Crippen LogP contribution is 2.43. The van der Waals surface area contributed by atoms with Crippen molar-refractivity contribution >= 4 is 5.78 Å². The molecule has 2 aromatic carbocycles. The molecule has 0 fully saturated rings. The first-order valence-electron chi connectivity index (χ1n) is 7.32. The molecule has 7 heteroatoms. The van der Waals surface area contributed by atoms with Crippen LogP contribution < -0.4 is 14.2 Å². The molecule has 0 aromatic heterocycles. The van der Waals surface area contributed by atoms with Gasteiger partial charge in [-0.1, -0.05) is 30.3 Å². The second-order valence-electron chi connectivity index (χ2n) is 5.18. The van der Waals surface area contributed by atoms with Gasteiger partial charge < -0.3 is 19.3 Å². The maximum Gasteiger partial charge on any atom is 0.339 e. The third kappa shape index (κ3) is 3.56. The van der Waals surface area contributed by atoms with Gasteiger partial charge in [0.05, 0.1) is 21.3 Å². The molecular formula is C18H18F2O5. The summed E-state index contributed by atoms with van der Waals surface area (Å²) in [6.45, 7) is 0. The average Bonchev–Trinajstić information content (AvgIpc) is 2.65. The van der Waals surface area contributed by atoms with Crippen LogP contribution in [0.5, 0.6) is 17.2 Å². The van der Waals surface area contributed by atoms with Crippen molar-refractivity contribution in [1.29, 1.82) is 0 Å². The first-order valence-corrected chi connectivity index (χ1v) is 7.32. The summed E-state index contributed by atoms with van der Waals surface area (Å²) in [5.74, 6) is -5.13. The number of carbonyl (C=O) groups is 1. The number of aliphatic hydroxyl groups excluding tert-OH is 1. The van der Waals surface area contributed by atoms with Gasteiger partial charge in [-0.25, -0.2) is 0 Å². The minimum absolute atomic E-state index is 0.0962. The van der Waals surface area contributed by atoms with Gasteiger partial charge in [0.15, 0.2) is 17.6 Å². The van der Waals surface area contributed by atoms with Gasteiger partial charge in [0.2, 0.25) is 11.5 Å². The van der Waals surface area contributed by atoms with Crippen LogP contribution >= 0.6 is 0 Å². The van der Waals surface area contributed by atoms with Crippen LogP contribution in [0.3, 0.4) is 0 Å². The van der Waals surface area contributed by atoms with E-state index in [2.05, 4.69) is 0 Å². The second kappa shape index (κ2) is 7.48. The van der Waals surface area contributed by atoms with Crippen molar-refractivity contribution in [3.05, 3.63) is 53.6 Å². The lowest BCUT2D eigenvalue weighted by molar-refractivity contribution is -0.0793. The smallest absolute Gasteiger partial charge is 0.339 e. The molecule has 25 heavy (non-hydrogen) atoms. The van der Waals surface area contributed by atoms with Crippen molar-refractivity contribution in [1.82, 2.24) is 0 Å². The normalized spacial score (nSPS) is 12.4. The number of ether oxygens (including phenoxy) is 3. The van der Waals surface area contributed by atoms with Gasteiger partial charge in [-0.2, -0.15) is 8.78 Å². The van der Waals surface area contributed by atoms with Crippen LogP contribution in [0.1, 0.15) is 22.0 Å². The first kappa shape index (κ1) is 18.7. The predicted octanol–water partition coefficient (Wildman–Crippen LogP) is 3.26. The number of alkyl halides is 2. The standard InChI is InChI=1S/C18H18F2O5/c1-23-13-9-12(10-14(24-2)15(13)25-3)17(22)18(19,20)16(21)11-7-5-4-6-8-11/h4-10,17,22H,1-3H3. The van der Waals surface area contributed by atoms with Crippen LogP contribution in [0, 0.1) is 0 Å². The van der Waals surface area contributed by atoms with Crippen molar-refractivity contribution in [3.63, 3.8) is 0 Å². The van der Waals surface area contributed by atoms with E-state index in [4.69, 9.17) is 14.2 Å². The van der Waals surface area contributed by atoms with E-state index in [-0.39, 0.29) is 28.4 Å². The van der Waals surface area contributed by atoms with Gasteiger partial charge in [0.1, 0.15) is 0 Å². The van der Waals surface area contributed by atoms with Gasteiger partial charge in [0.25, 0.3) is 0 Å². The Bertz CT molecular complexity index is 721. The van der Waals surface area contributed by atoms with E-state index >= 15 is 0 Å². The van der Waals surface area contributed by atoms with Gasteiger partial charge in [-0.3, -0.25) is 4.79 Å². The van der Waals surface area contributed by atoms with Crippen molar-refractivity contribution in [2.75, 3.05) is 21.3 Å². The van der Waals surface area contributed by atoms with Crippen LogP contribution in [0.4, 0.5) is 8.78 Å². The number of methoxy groups -OCH3 is 3. The molecule has 1 unspecified atom stereocenters. The molecule has 1 N–H and O–H groups in total. The zero-order valence-corrected chi connectivity index (χ0v) is 14.0. The maximum atomic E-state index is 14.5. The molecule has 0 amide bonds. The van der Waals surface area contributed by atoms with E-state index in [0.717, 1.165) is 0 Å². The summed E-state index contributed by atoms with van der Waals surface area (Å²) in [5, 5.41) is 10.2. The Balaban J connectivity index is 2.45. The molecule has 0 radical (unpaired) electrons. The highest BCUT2D eigenvalue weighted by molar-refractivity contribution is 6.01. The number of Topliss-reactive ketones (excluding diaryl/α,β-unsaturated/α-hetero) is 1. The number of carbonyl (C=O) groups excluding carboxylic acids is 1. The number of ketones is 1. The molecule has 2 aromatic rings. The molecule has 0 saturated heterocycles. The minimum atomic E-state index is -4.04. The van der Waals surface area contributed by atoms with E-state index < -0.39 is 17.8 Å². The third-order valence-corrected chi connectivity index (χ3v) is 3.68. The van der Waals surface area contributed by atoms with E-state index in [1.54, 1.807) is 6.07 Å². The van der Waals surface area contributed by atoms with Crippen molar-refractivity contribution in [2.24, 2.45) is 0 Å². The predicted molar refractivity (Wildman–Crippen MR) is 86.8 cm³/mol. The van der Waals surface area contributed by atoms with E-state index in [1.807, 2.05) is 0 Å². The average molecular weight is 352 g/mol. The van der Waals surface area contributed by atoms with Crippen LogP contribution in [0.2, 0.25) is 0 Å². The minimum Gasteiger partial charge on any atom is -0.493 e. The number of benzene rings is 2. The first-order chi connectivity index (χ1) is 11.9. The number of rotatable bonds is 7. The lowest BCUT2D eigenvalue weighted by Gasteiger charge is -2.23. The molecular weight excluding hydrogens is 334 g/mol. The summed E-state index contributed by atoms with van der Waals surface area (Å²) in [6.07, 6.45) is -2.38. The summed E-state index contributed by atoms with van der Waals surface area (Å²) in [5.41, 5.74) is -0.428. The SMILES string of the molecule is COc1cc(C(O)C(F)(F)C(=O)c2ccccc2)cc(OC)c1OC. The fourth-order valence-corrected chi connectivity index (χ4v) is 2.37. The number of halogens is 2. The monoisotopic (exact) mass is 352 g/mol. The Kier molecular flexibility index (Phi) is 5.58. The quantitative estimate of drug-likeness (QED) is 0.775. The molecule has 0 aliphatic rings. The largest absolute Gasteiger partial charge is 0.493 e. The molecule has 0 saturated carbocycles. The van der Waals surface area contributed by atoms with Crippen molar-refractivity contribution < 1.29 is 32.9 Å². The van der Waals surface area contributed by atoms with Crippen LogP contribution in [-0.2, 0) is 0 Å². The molecule has 2 rings (SSSR count). The molecule has 0 aliphatic carbocycles. The molecule has 0 heterocycles. The molecule has 5 nitrogen and oxygen atoms in total. The summed E-state index contributed by atoms with van der Waals surface area (Å²) >= 11 is 0. The topological polar surface area (TPSA) is 65.0 Å². The molecule has 1 atom stereocenters. The van der Waals surface area contributed by atoms with Gasteiger partial charge >= 0.3 is 5.92 Å². The number of hydrogen-bond donors (Lipinski definition) is 1. The third-order valence-electron chi connectivity index (χ3n) is 3.68. The van der Waals surface area contributed by atoms with Gasteiger partial charge in [-0.15, -0.1) is 0 Å². The van der Waals surface area contributed by atoms with Crippen molar-refractivity contribution in [3.8, 4) is 17.2 Å². The Morgan fingerprint density at radius 3 is 1.96 bits per heavy atom. The zero-order valence-electron chi connectivity index (χ0n) is 14.0. The van der Waals surface area contributed by atoms with Gasteiger partial charge in [-0.05, 0) is 17.7 Å². The van der Waals surface area contributed by atoms with Crippen LogP contribution in [0.15, 0.2) is 42.5 Å². The Morgan fingerprint density at radius 2 is 1.52 bits per heavy atom. The summed E-state index contributed by atoms with van der Waals surface area (Å²) in [4.78, 5) is 12.1. The Morgan fingerprint density at radius 1 is 1.00 bits per heavy atom. The van der Waals surface area contributed by atoms with E-state index in [0.29, 0.717) is 0 Å². The molecule has 0 spiro atoms. The fourth-order valence-electron chi connectivity index (χ4n) is 2.37. The maximum absolute atomic E-state index is 14.5. The number of aliphatic hydroxyl groups is 1. The van der Waals surface area contributed by atoms with Gasteiger partial charge in [0, 0.05) is 5.56 Å². The van der Waals surface area contributed by atoms with E-state index in [9.17, 15) is 18.7 Å². The molecule has 134 valence electrons. The molecule has 0 bridgehead atoms. The molecule has 0 aliphatic heterocycles. The Hall–Kier alpha value is -2.67. The van der Waals surface area contributed by atoms with Crippen LogP contribution in [-0.4, -0.2) is 38.1 Å². The highest BCUT2D eigenvalue weighted by atomic mass is 19.3. The Labute approximate surface area is 143 Å². The summed E-state index contributed by atoms with van der Waals surface area (Å²) in [7, 11) is 4.01. The highest BCUT2D eigenvalue weighted by Gasteiger charge is 2.48. The van der Waals surface area contributed by atoms with E-state index in [1.165, 1.54) is 57.7 Å². The zero-order chi connectivity index (χ0) is 18.6. The van der Waals surface area contributed by atoms with Crippen LogP contribution in [0.25, 0.3) is 0 Å².